The molecule has 104 valence electrons. The van der Waals surface area contributed by atoms with E-state index in [9.17, 15) is 4.79 Å². The summed E-state index contributed by atoms with van der Waals surface area (Å²) in [5.74, 6) is 5.57. The fourth-order valence-electron chi connectivity index (χ4n) is 1.55. The molecular weight excluding hydrogens is 324 g/mol. The first-order valence-electron chi connectivity index (χ1n) is 5.71. The van der Waals surface area contributed by atoms with E-state index < -0.39 is 0 Å². The Labute approximate surface area is 124 Å². The highest BCUT2D eigenvalue weighted by Gasteiger charge is 2.09. The zero-order chi connectivity index (χ0) is 14.5. The number of nitrogens with two attached hydrogens (primary N) is 1. The number of anilines is 2. The maximum absolute atomic E-state index is 12.0. The molecule has 2 rings (SSSR count). The van der Waals surface area contributed by atoms with Crippen LogP contribution in [-0.4, -0.2) is 18.0 Å². The van der Waals surface area contributed by atoms with Crippen molar-refractivity contribution < 1.29 is 9.53 Å². The number of ether oxygens (including phenoxy) is 1. The first-order chi connectivity index (χ1) is 9.63. The standard InChI is InChI=1S/C13H13BrN4O2/c1-20-12-6-8(2-4-10(12)14)17-13(19)11-5-3-9(18-15)7-16-11/h2-7,18H,15H2,1H3,(H,17,19). The number of hydrazine groups is 1. The smallest absolute Gasteiger partial charge is 0.274 e. The number of nitrogens with one attached hydrogen (secondary N) is 2. The Kier molecular flexibility index (Phi) is 4.54. The van der Waals surface area contributed by atoms with Gasteiger partial charge < -0.3 is 15.5 Å². The van der Waals surface area contributed by atoms with Crippen LogP contribution < -0.4 is 21.3 Å². The fourth-order valence-corrected chi connectivity index (χ4v) is 1.95. The number of nitrogens with zero attached hydrogens (tertiary/aromatic N) is 1. The largest absolute Gasteiger partial charge is 0.495 e. The molecule has 0 fully saturated rings. The van der Waals surface area contributed by atoms with Crippen LogP contribution >= 0.6 is 15.9 Å². The van der Waals surface area contributed by atoms with E-state index in [4.69, 9.17) is 10.6 Å². The van der Waals surface area contributed by atoms with Crippen molar-refractivity contribution in [3.05, 3.63) is 46.7 Å². The third kappa shape index (κ3) is 3.25. The maximum Gasteiger partial charge on any atom is 0.274 e. The van der Waals surface area contributed by atoms with Crippen molar-refractivity contribution >= 4 is 33.2 Å². The van der Waals surface area contributed by atoms with Crippen molar-refractivity contribution in [3.8, 4) is 5.75 Å². The van der Waals surface area contributed by atoms with Crippen LogP contribution in [-0.2, 0) is 0 Å². The number of benzene rings is 1. The van der Waals surface area contributed by atoms with Crippen molar-refractivity contribution in [2.75, 3.05) is 17.9 Å². The van der Waals surface area contributed by atoms with Gasteiger partial charge in [-0.15, -0.1) is 0 Å². The number of halogens is 1. The molecule has 6 nitrogen and oxygen atoms in total. The molecule has 7 heteroatoms. The number of carbonyl (C=O) groups is 1. The van der Waals surface area contributed by atoms with Crippen LogP contribution in [0.15, 0.2) is 41.0 Å². The molecule has 0 aliphatic carbocycles. The van der Waals surface area contributed by atoms with E-state index >= 15 is 0 Å². The van der Waals surface area contributed by atoms with Gasteiger partial charge in [0.15, 0.2) is 0 Å². The van der Waals surface area contributed by atoms with Crippen molar-refractivity contribution in [2.45, 2.75) is 0 Å². The third-order valence-corrected chi connectivity index (χ3v) is 3.23. The predicted octanol–water partition coefficient (Wildman–Crippen LogP) is 2.39. The molecule has 0 aliphatic rings. The van der Waals surface area contributed by atoms with Crippen molar-refractivity contribution in [1.82, 2.24) is 4.98 Å². The molecule has 1 amide bonds. The first kappa shape index (κ1) is 14.3. The van der Waals surface area contributed by atoms with Gasteiger partial charge in [-0.2, -0.15) is 0 Å². The number of amides is 1. The summed E-state index contributed by atoms with van der Waals surface area (Å²) in [6.45, 7) is 0. The SMILES string of the molecule is COc1cc(NC(=O)c2ccc(NN)cn2)ccc1Br. The molecule has 1 heterocycles. The van der Waals surface area contributed by atoms with Crippen LogP contribution in [0.25, 0.3) is 0 Å². The second-order valence-electron chi connectivity index (χ2n) is 3.88. The summed E-state index contributed by atoms with van der Waals surface area (Å²) < 4.78 is 5.98. The molecule has 0 bridgehead atoms. The van der Waals surface area contributed by atoms with Gasteiger partial charge in [0, 0.05) is 11.8 Å². The lowest BCUT2D eigenvalue weighted by molar-refractivity contribution is 0.102. The molecule has 1 aromatic heterocycles. The predicted molar refractivity (Wildman–Crippen MR) is 80.7 cm³/mol. The third-order valence-electron chi connectivity index (χ3n) is 2.57. The summed E-state index contributed by atoms with van der Waals surface area (Å²) in [6.07, 6.45) is 1.48. The Morgan fingerprint density at radius 2 is 2.05 bits per heavy atom. The van der Waals surface area contributed by atoms with Gasteiger partial charge in [-0.25, -0.2) is 4.98 Å². The molecule has 0 aliphatic heterocycles. The van der Waals surface area contributed by atoms with Crippen molar-refractivity contribution in [2.24, 2.45) is 5.84 Å². The summed E-state index contributed by atoms with van der Waals surface area (Å²) in [7, 11) is 1.56. The lowest BCUT2D eigenvalue weighted by Crippen LogP contribution is -2.14. The molecule has 0 radical (unpaired) electrons. The first-order valence-corrected chi connectivity index (χ1v) is 6.51. The second-order valence-corrected chi connectivity index (χ2v) is 4.73. The van der Waals surface area contributed by atoms with Gasteiger partial charge >= 0.3 is 0 Å². The maximum atomic E-state index is 12.0. The second kappa shape index (κ2) is 6.36. The van der Waals surface area contributed by atoms with Gasteiger partial charge in [0.2, 0.25) is 0 Å². The van der Waals surface area contributed by atoms with Gasteiger partial charge in [-0.3, -0.25) is 10.6 Å². The average Bonchev–Trinajstić information content (AvgIpc) is 2.49. The normalized spacial score (nSPS) is 9.95. The lowest BCUT2D eigenvalue weighted by Gasteiger charge is -2.08. The number of rotatable bonds is 4. The minimum Gasteiger partial charge on any atom is -0.495 e. The molecule has 20 heavy (non-hydrogen) atoms. The lowest BCUT2D eigenvalue weighted by atomic mass is 10.2. The number of hydrogen-bond acceptors (Lipinski definition) is 5. The molecule has 0 saturated carbocycles. The monoisotopic (exact) mass is 336 g/mol. The molecular formula is C13H13BrN4O2. The van der Waals surface area contributed by atoms with Crippen LogP contribution in [0.2, 0.25) is 0 Å². The molecule has 4 N–H and O–H groups in total. The molecule has 1 aromatic carbocycles. The summed E-state index contributed by atoms with van der Waals surface area (Å²) in [5.41, 5.74) is 4.00. The zero-order valence-corrected chi connectivity index (χ0v) is 12.3. The van der Waals surface area contributed by atoms with Crippen LogP contribution in [0.3, 0.4) is 0 Å². The Bertz CT molecular complexity index is 616. The highest BCUT2D eigenvalue weighted by molar-refractivity contribution is 9.10. The van der Waals surface area contributed by atoms with Crippen LogP contribution in [0.4, 0.5) is 11.4 Å². The number of aromatic nitrogens is 1. The van der Waals surface area contributed by atoms with Crippen molar-refractivity contribution in [1.29, 1.82) is 0 Å². The van der Waals surface area contributed by atoms with E-state index in [1.54, 1.807) is 37.4 Å². The van der Waals surface area contributed by atoms with Gasteiger partial charge in [0.05, 0.1) is 23.5 Å². The number of nitrogen functional groups attached to an aromatic ring is 1. The fraction of sp³-hybridized carbons (Fsp3) is 0.0769. The number of hydrogen-bond donors (Lipinski definition) is 3. The quantitative estimate of drug-likeness (QED) is 0.589. The van der Waals surface area contributed by atoms with Gasteiger partial charge in [-0.1, -0.05) is 0 Å². The molecule has 0 spiro atoms. The van der Waals surface area contributed by atoms with Crippen LogP contribution in [0.5, 0.6) is 5.75 Å². The van der Waals surface area contributed by atoms with E-state index in [0.29, 0.717) is 22.8 Å². The van der Waals surface area contributed by atoms with Gasteiger partial charge in [0.1, 0.15) is 11.4 Å². The van der Waals surface area contributed by atoms with Gasteiger partial charge in [0.25, 0.3) is 5.91 Å². The minimum absolute atomic E-state index is 0.297. The topological polar surface area (TPSA) is 89.3 Å². The number of carbonyl (C=O) groups excluding carboxylic acids is 1. The molecule has 0 saturated heterocycles. The molecule has 0 unspecified atom stereocenters. The Hall–Kier alpha value is -2.12. The Morgan fingerprint density at radius 1 is 1.30 bits per heavy atom. The zero-order valence-electron chi connectivity index (χ0n) is 10.7. The van der Waals surface area contributed by atoms with Crippen LogP contribution in [0.1, 0.15) is 10.5 Å². The molecule has 2 aromatic rings. The summed E-state index contributed by atoms with van der Waals surface area (Å²) >= 11 is 3.35. The average molecular weight is 337 g/mol. The van der Waals surface area contributed by atoms with E-state index in [0.717, 1.165) is 4.47 Å². The Balaban J connectivity index is 2.14. The van der Waals surface area contributed by atoms with Gasteiger partial charge in [-0.05, 0) is 40.2 Å². The summed E-state index contributed by atoms with van der Waals surface area (Å²) in [6, 6.07) is 8.53. The minimum atomic E-state index is -0.307. The summed E-state index contributed by atoms with van der Waals surface area (Å²) in [5, 5.41) is 2.74. The number of pyridine rings is 1. The highest BCUT2D eigenvalue weighted by Crippen LogP contribution is 2.27. The van der Waals surface area contributed by atoms with E-state index in [2.05, 4.69) is 31.7 Å². The Morgan fingerprint density at radius 3 is 2.65 bits per heavy atom. The molecule has 0 atom stereocenters. The number of methoxy groups -OCH3 is 1. The van der Waals surface area contributed by atoms with Crippen molar-refractivity contribution in [3.63, 3.8) is 0 Å². The highest BCUT2D eigenvalue weighted by atomic mass is 79.9. The van der Waals surface area contributed by atoms with E-state index in [-0.39, 0.29) is 5.91 Å². The van der Waals surface area contributed by atoms with Crippen LogP contribution in [0, 0.1) is 0 Å². The van der Waals surface area contributed by atoms with E-state index in [1.807, 2.05) is 0 Å². The summed E-state index contributed by atoms with van der Waals surface area (Å²) in [4.78, 5) is 16.0. The van der Waals surface area contributed by atoms with E-state index in [1.165, 1.54) is 6.20 Å².